The smallest absolute Gasteiger partial charge is 0.228 e. The van der Waals surface area contributed by atoms with Crippen LogP contribution in [0.4, 0.5) is 11.4 Å². The summed E-state index contributed by atoms with van der Waals surface area (Å²) in [6, 6.07) is 15.3. The highest BCUT2D eigenvalue weighted by Gasteiger charge is 2.25. The van der Waals surface area contributed by atoms with Crippen molar-refractivity contribution in [3.8, 4) is 5.75 Å². The van der Waals surface area contributed by atoms with E-state index in [1.807, 2.05) is 47.4 Å². The van der Waals surface area contributed by atoms with Crippen LogP contribution in [-0.4, -0.2) is 32.0 Å². The van der Waals surface area contributed by atoms with Crippen LogP contribution in [0.15, 0.2) is 48.5 Å². The Morgan fingerprint density at radius 3 is 2.60 bits per heavy atom. The number of methoxy groups -OCH3 is 1. The number of ether oxygens (including phenoxy) is 1. The molecule has 5 nitrogen and oxygen atoms in total. The summed E-state index contributed by atoms with van der Waals surface area (Å²) in [4.78, 5) is 28.2. The maximum atomic E-state index is 12.7. The Morgan fingerprint density at radius 1 is 1.12 bits per heavy atom. The lowest BCUT2D eigenvalue weighted by molar-refractivity contribution is -0.118. The summed E-state index contributed by atoms with van der Waals surface area (Å²) in [6.07, 6.45) is 1.15. The molecule has 0 N–H and O–H groups in total. The van der Waals surface area contributed by atoms with Crippen LogP contribution < -0.4 is 14.5 Å². The Balaban J connectivity index is 1.72. The van der Waals surface area contributed by atoms with Gasteiger partial charge in [-0.2, -0.15) is 0 Å². The number of amides is 2. The predicted octanol–water partition coefficient (Wildman–Crippen LogP) is 3.03. The summed E-state index contributed by atoms with van der Waals surface area (Å²) < 4.78 is 5.34. The normalized spacial score (nSPS) is 12.6. The second-order valence-corrected chi connectivity index (χ2v) is 6.02. The molecule has 2 aromatic carbocycles. The quantitative estimate of drug-likeness (QED) is 0.842. The van der Waals surface area contributed by atoms with E-state index in [9.17, 15) is 9.59 Å². The molecule has 0 saturated carbocycles. The Kier molecular flexibility index (Phi) is 5.03. The van der Waals surface area contributed by atoms with Gasteiger partial charge in [0.05, 0.1) is 12.8 Å². The van der Waals surface area contributed by atoms with E-state index in [2.05, 4.69) is 6.07 Å². The zero-order valence-corrected chi connectivity index (χ0v) is 14.6. The van der Waals surface area contributed by atoms with Crippen molar-refractivity contribution in [2.24, 2.45) is 0 Å². The Hall–Kier alpha value is -2.82. The molecule has 0 aliphatic carbocycles. The molecule has 0 unspecified atom stereocenters. The molecule has 1 heterocycles. The lowest BCUT2D eigenvalue weighted by atomic mass is 10.2. The number of hydrogen-bond donors (Lipinski definition) is 0. The van der Waals surface area contributed by atoms with E-state index >= 15 is 0 Å². The van der Waals surface area contributed by atoms with Crippen molar-refractivity contribution in [3.63, 3.8) is 0 Å². The summed E-state index contributed by atoms with van der Waals surface area (Å²) in [7, 11) is 1.57. The van der Waals surface area contributed by atoms with E-state index in [0.717, 1.165) is 12.1 Å². The van der Waals surface area contributed by atoms with Crippen molar-refractivity contribution in [2.75, 3.05) is 30.0 Å². The molecule has 0 atom stereocenters. The monoisotopic (exact) mass is 338 g/mol. The molecule has 1 aliphatic heterocycles. The lowest BCUT2D eigenvalue weighted by Gasteiger charge is -2.24. The van der Waals surface area contributed by atoms with Crippen molar-refractivity contribution in [3.05, 3.63) is 54.1 Å². The molecule has 0 bridgehead atoms. The fourth-order valence-corrected chi connectivity index (χ4v) is 3.24. The molecule has 0 fully saturated rings. The van der Waals surface area contributed by atoms with Gasteiger partial charge in [-0.3, -0.25) is 9.59 Å². The van der Waals surface area contributed by atoms with Gasteiger partial charge in [0.1, 0.15) is 5.75 Å². The van der Waals surface area contributed by atoms with Gasteiger partial charge in [0.15, 0.2) is 0 Å². The molecule has 3 rings (SSSR count). The van der Waals surface area contributed by atoms with Gasteiger partial charge in [0, 0.05) is 32.1 Å². The third kappa shape index (κ3) is 3.50. The highest BCUT2D eigenvalue weighted by Crippen LogP contribution is 2.30. The van der Waals surface area contributed by atoms with Crippen LogP contribution in [0.3, 0.4) is 0 Å². The molecular weight excluding hydrogens is 316 g/mol. The first-order chi connectivity index (χ1) is 12.1. The minimum absolute atomic E-state index is 0.0334. The van der Waals surface area contributed by atoms with Crippen LogP contribution >= 0.6 is 0 Å². The number of nitrogens with zero attached hydrogens (tertiary/aromatic N) is 2. The van der Waals surface area contributed by atoms with Gasteiger partial charge >= 0.3 is 0 Å². The van der Waals surface area contributed by atoms with E-state index in [4.69, 9.17) is 4.74 Å². The number of rotatable bonds is 5. The molecule has 5 heteroatoms. The molecule has 1 aliphatic rings. The SMILES string of the molecule is COc1ccccc1N(CCC(=O)N1CCc2ccccc21)C(C)=O. The number of benzene rings is 2. The summed E-state index contributed by atoms with van der Waals surface area (Å²) >= 11 is 0. The second kappa shape index (κ2) is 7.38. The average molecular weight is 338 g/mol. The van der Waals surface area contributed by atoms with Crippen LogP contribution in [0.1, 0.15) is 18.9 Å². The maximum Gasteiger partial charge on any atom is 0.228 e. The molecule has 2 aromatic rings. The van der Waals surface area contributed by atoms with Crippen molar-refractivity contribution in [2.45, 2.75) is 19.8 Å². The molecule has 25 heavy (non-hydrogen) atoms. The van der Waals surface area contributed by atoms with Gasteiger partial charge in [-0.1, -0.05) is 30.3 Å². The fraction of sp³-hybridized carbons (Fsp3) is 0.300. The third-order valence-electron chi connectivity index (χ3n) is 4.49. The predicted molar refractivity (Wildman–Crippen MR) is 98.1 cm³/mol. The molecule has 0 aromatic heterocycles. The highest BCUT2D eigenvalue weighted by atomic mass is 16.5. The zero-order chi connectivity index (χ0) is 17.8. The first kappa shape index (κ1) is 17.0. The summed E-state index contributed by atoms with van der Waals surface area (Å²) in [5.74, 6) is 0.543. The van der Waals surface area contributed by atoms with Gasteiger partial charge in [-0.15, -0.1) is 0 Å². The fourth-order valence-electron chi connectivity index (χ4n) is 3.24. The molecule has 0 spiro atoms. The van der Waals surface area contributed by atoms with Gasteiger partial charge in [0.25, 0.3) is 0 Å². The molecule has 0 radical (unpaired) electrons. The third-order valence-corrected chi connectivity index (χ3v) is 4.49. The number of carbonyl (C=O) groups excluding carboxylic acids is 2. The van der Waals surface area contributed by atoms with Crippen molar-refractivity contribution >= 4 is 23.2 Å². The molecular formula is C20H22N2O3. The van der Waals surface area contributed by atoms with Gasteiger partial charge in [-0.25, -0.2) is 0 Å². The second-order valence-electron chi connectivity index (χ2n) is 6.02. The maximum absolute atomic E-state index is 12.7. The van der Waals surface area contributed by atoms with Crippen LogP contribution in [0.5, 0.6) is 5.75 Å². The van der Waals surface area contributed by atoms with E-state index in [1.54, 1.807) is 12.0 Å². The van der Waals surface area contributed by atoms with Crippen LogP contribution in [-0.2, 0) is 16.0 Å². The minimum atomic E-state index is -0.112. The van der Waals surface area contributed by atoms with Crippen LogP contribution in [0.25, 0.3) is 0 Å². The number of fused-ring (bicyclic) bond motifs is 1. The van der Waals surface area contributed by atoms with Gasteiger partial charge < -0.3 is 14.5 Å². The molecule has 0 saturated heterocycles. The minimum Gasteiger partial charge on any atom is -0.495 e. The van der Waals surface area contributed by atoms with E-state index in [0.29, 0.717) is 24.5 Å². The largest absolute Gasteiger partial charge is 0.495 e. The van der Waals surface area contributed by atoms with E-state index < -0.39 is 0 Å². The summed E-state index contributed by atoms with van der Waals surface area (Å²) in [5.41, 5.74) is 2.87. The van der Waals surface area contributed by atoms with Crippen LogP contribution in [0, 0.1) is 0 Å². The number of carbonyl (C=O) groups is 2. The van der Waals surface area contributed by atoms with Gasteiger partial charge in [-0.05, 0) is 30.2 Å². The van der Waals surface area contributed by atoms with E-state index in [1.165, 1.54) is 12.5 Å². The summed E-state index contributed by atoms with van der Waals surface area (Å²) in [6.45, 7) is 2.53. The lowest BCUT2D eigenvalue weighted by Crippen LogP contribution is -2.35. The van der Waals surface area contributed by atoms with Crippen molar-refractivity contribution < 1.29 is 14.3 Å². The molecule has 2 amide bonds. The van der Waals surface area contributed by atoms with Crippen molar-refractivity contribution in [1.29, 1.82) is 0 Å². The first-order valence-electron chi connectivity index (χ1n) is 8.41. The standard InChI is InChI=1S/C20H22N2O3/c1-15(23)21(18-9-5-6-10-19(18)25-2)14-12-20(24)22-13-11-16-7-3-4-8-17(16)22/h3-10H,11-14H2,1-2H3. The zero-order valence-electron chi connectivity index (χ0n) is 14.6. The number of para-hydroxylation sites is 3. The molecule has 130 valence electrons. The number of anilines is 2. The average Bonchev–Trinajstić information content (AvgIpc) is 3.06. The Bertz CT molecular complexity index is 788. The topological polar surface area (TPSA) is 49.9 Å². The summed E-state index contributed by atoms with van der Waals surface area (Å²) in [5, 5.41) is 0. The van der Waals surface area contributed by atoms with E-state index in [-0.39, 0.29) is 18.2 Å². The van der Waals surface area contributed by atoms with Crippen molar-refractivity contribution in [1.82, 2.24) is 0 Å². The Morgan fingerprint density at radius 2 is 1.84 bits per heavy atom. The Labute approximate surface area is 147 Å². The highest BCUT2D eigenvalue weighted by molar-refractivity contribution is 5.98. The van der Waals surface area contributed by atoms with Crippen LogP contribution in [0.2, 0.25) is 0 Å². The van der Waals surface area contributed by atoms with Gasteiger partial charge in [0.2, 0.25) is 11.8 Å². The first-order valence-corrected chi connectivity index (χ1v) is 8.41. The number of hydrogen-bond acceptors (Lipinski definition) is 3.